The number of allylic oxidation sites excluding steroid dienone is 1. The van der Waals surface area contributed by atoms with Crippen LogP contribution in [0.1, 0.15) is 36.4 Å². The lowest BCUT2D eigenvalue weighted by Crippen LogP contribution is -2.24. The van der Waals surface area contributed by atoms with E-state index in [0.29, 0.717) is 29.9 Å². The molecule has 0 saturated heterocycles. The summed E-state index contributed by atoms with van der Waals surface area (Å²) in [6, 6.07) is 22.6. The van der Waals surface area contributed by atoms with Crippen molar-refractivity contribution in [3.8, 4) is 16.9 Å². The van der Waals surface area contributed by atoms with Crippen LogP contribution in [0.5, 0.6) is 0 Å². The molecule has 0 aliphatic carbocycles. The van der Waals surface area contributed by atoms with E-state index in [4.69, 9.17) is 9.72 Å². The fourth-order valence-corrected chi connectivity index (χ4v) is 4.60. The molecule has 0 aliphatic heterocycles. The molecule has 0 aliphatic rings. The van der Waals surface area contributed by atoms with E-state index in [1.54, 1.807) is 6.07 Å². The number of aryl methyl sites for hydroxylation is 1. The van der Waals surface area contributed by atoms with Crippen molar-refractivity contribution in [1.29, 1.82) is 0 Å². The third-order valence-electron chi connectivity index (χ3n) is 6.58. The van der Waals surface area contributed by atoms with Gasteiger partial charge in [0.1, 0.15) is 12.3 Å². The third kappa shape index (κ3) is 4.80. The highest BCUT2D eigenvalue weighted by atomic mass is 19.1. The molecule has 0 saturated carbocycles. The molecule has 38 heavy (non-hydrogen) atoms. The van der Waals surface area contributed by atoms with Crippen molar-refractivity contribution in [3.05, 3.63) is 118 Å². The number of ether oxygens (including phenoxy) is 1. The second-order valence-electron chi connectivity index (χ2n) is 9.30. The van der Waals surface area contributed by atoms with E-state index in [2.05, 4.69) is 11.7 Å². The number of aromatic nitrogens is 4. The van der Waals surface area contributed by atoms with Crippen LogP contribution in [0.15, 0.2) is 84.2 Å². The highest BCUT2D eigenvalue weighted by molar-refractivity contribution is 5.94. The predicted molar refractivity (Wildman–Crippen MR) is 149 cm³/mol. The molecule has 0 N–H and O–H groups in total. The van der Waals surface area contributed by atoms with Crippen LogP contribution in [0.2, 0.25) is 0 Å². The lowest BCUT2D eigenvalue weighted by atomic mass is 9.98. The average molecular weight is 509 g/mol. The van der Waals surface area contributed by atoms with Gasteiger partial charge in [-0.3, -0.25) is 4.57 Å². The summed E-state index contributed by atoms with van der Waals surface area (Å²) in [5.74, 6) is -0.153. The molecule has 0 unspecified atom stereocenters. The van der Waals surface area contributed by atoms with Gasteiger partial charge in [-0.2, -0.15) is 4.68 Å². The van der Waals surface area contributed by atoms with Gasteiger partial charge < -0.3 is 4.74 Å². The number of rotatable bonds is 8. The molecular weight excluding hydrogens is 479 g/mol. The van der Waals surface area contributed by atoms with Crippen LogP contribution >= 0.6 is 0 Å². The molecule has 192 valence electrons. The molecule has 3 aromatic carbocycles. The minimum absolute atomic E-state index is 0.0620. The Morgan fingerprint density at radius 1 is 1.03 bits per heavy atom. The summed E-state index contributed by atoms with van der Waals surface area (Å²) in [4.78, 5) is 18.0. The average Bonchev–Trinajstić information content (AvgIpc) is 3.23. The number of hydrogen-bond donors (Lipinski definition) is 0. The van der Waals surface area contributed by atoms with Crippen molar-refractivity contribution in [1.82, 2.24) is 19.3 Å². The van der Waals surface area contributed by atoms with E-state index in [1.807, 2.05) is 81.4 Å². The molecule has 0 radical (unpaired) electrons. The largest absolute Gasteiger partial charge is 0.369 e. The van der Waals surface area contributed by atoms with Gasteiger partial charge in [-0.05, 0) is 49.6 Å². The number of benzene rings is 3. The molecule has 0 fully saturated rings. The van der Waals surface area contributed by atoms with E-state index in [0.717, 1.165) is 38.2 Å². The maximum atomic E-state index is 15.5. The molecule has 0 bridgehead atoms. The lowest BCUT2D eigenvalue weighted by molar-refractivity contribution is 0.0989. The summed E-state index contributed by atoms with van der Waals surface area (Å²) >= 11 is 0. The zero-order valence-corrected chi connectivity index (χ0v) is 21.7. The Labute approximate surface area is 220 Å². The number of fused-ring (bicyclic) bond motifs is 1. The van der Waals surface area contributed by atoms with Crippen molar-refractivity contribution >= 4 is 16.5 Å². The van der Waals surface area contributed by atoms with Crippen LogP contribution in [-0.4, -0.2) is 19.3 Å². The Balaban J connectivity index is 1.57. The minimum atomic E-state index is -0.584. The van der Waals surface area contributed by atoms with Crippen molar-refractivity contribution < 1.29 is 9.13 Å². The highest BCUT2D eigenvalue weighted by Crippen LogP contribution is 2.32. The molecule has 2 aromatic heterocycles. The predicted octanol–water partition coefficient (Wildman–Crippen LogP) is 6.47. The minimum Gasteiger partial charge on any atom is -0.369 e. The number of pyridine rings is 1. The summed E-state index contributed by atoms with van der Waals surface area (Å²) < 4.78 is 24.0. The summed E-state index contributed by atoms with van der Waals surface area (Å²) in [6.45, 7) is 10.8. The van der Waals surface area contributed by atoms with Gasteiger partial charge in [-0.15, -0.1) is 5.10 Å². The highest BCUT2D eigenvalue weighted by Gasteiger charge is 2.19. The summed E-state index contributed by atoms with van der Waals surface area (Å²) in [7, 11) is 0. The molecule has 2 heterocycles. The van der Waals surface area contributed by atoms with E-state index in [-0.39, 0.29) is 12.3 Å². The molecule has 0 amide bonds. The molecule has 0 spiro atoms. The Hall–Kier alpha value is -4.36. The Morgan fingerprint density at radius 3 is 2.47 bits per heavy atom. The van der Waals surface area contributed by atoms with Gasteiger partial charge in [0.05, 0.1) is 17.8 Å². The number of hydrogen-bond acceptors (Lipinski definition) is 4. The third-order valence-corrected chi connectivity index (χ3v) is 6.58. The molecule has 5 rings (SSSR count). The molecule has 6 nitrogen and oxygen atoms in total. The van der Waals surface area contributed by atoms with E-state index >= 15 is 4.39 Å². The second-order valence-corrected chi connectivity index (χ2v) is 9.30. The molecule has 5 aromatic rings. The van der Waals surface area contributed by atoms with Gasteiger partial charge in [0.15, 0.2) is 11.6 Å². The van der Waals surface area contributed by atoms with Gasteiger partial charge in [0.25, 0.3) is 0 Å². The molecule has 0 atom stereocenters. The van der Waals surface area contributed by atoms with Gasteiger partial charge in [0, 0.05) is 23.6 Å². The van der Waals surface area contributed by atoms with Crippen LogP contribution in [0.3, 0.4) is 0 Å². The summed E-state index contributed by atoms with van der Waals surface area (Å²) in [5, 5.41) is 5.16. The van der Waals surface area contributed by atoms with Gasteiger partial charge in [0.2, 0.25) is 0 Å². The van der Waals surface area contributed by atoms with Crippen molar-refractivity contribution in [3.63, 3.8) is 0 Å². The fraction of sp³-hybridized carbons (Fsp3) is 0.194. The second kappa shape index (κ2) is 10.6. The maximum Gasteiger partial charge on any atom is 0.350 e. The Kier molecular flexibility index (Phi) is 7.03. The standard InChI is InChI=1S/C31H29FN4O2/c1-5-35-30(19-38-18-22-12-7-6-8-13-22)34-36(31(35)37)29-16-25-24(20(2)3)15-27(33-28(25)17-26(29)32)23-14-10-9-11-21(23)4/h6-17H,2,5,18-19H2,1,3-4H3. The molecule has 7 heteroatoms. The van der Waals surface area contributed by atoms with Crippen LogP contribution in [-0.2, 0) is 24.5 Å². The van der Waals surface area contributed by atoms with Crippen molar-refractivity contribution in [2.45, 2.75) is 40.5 Å². The topological polar surface area (TPSA) is 61.9 Å². The summed E-state index contributed by atoms with van der Waals surface area (Å²) in [6.07, 6.45) is 0. The van der Waals surface area contributed by atoms with E-state index in [9.17, 15) is 4.79 Å². The first-order chi connectivity index (χ1) is 18.4. The van der Waals surface area contributed by atoms with Crippen LogP contribution in [0.25, 0.3) is 33.4 Å². The zero-order chi connectivity index (χ0) is 26.8. The smallest absolute Gasteiger partial charge is 0.350 e. The van der Waals surface area contributed by atoms with Crippen molar-refractivity contribution in [2.24, 2.45) is 0 Å². The molecular formula is C31H29FN4O2. The zero-order valence-electron chi connectivity index (χ0n) is 21.7. The Bertz CT molecular complexity index is 1700. The van der Waals surface area contributed by atoms with Gasteiger partial charge >= 0.3 is 5.69 Å². The van der Waals surface area contributed by atoms with Crippen LogP contribution in [0, 0.1) is 12.7 Å². The Morgan fingerprint density at radius 2 is 1.76 bits per heavy atom. The quantitative estimate of drug-likeness (QED) is 0.241. The van der Waals surface area contributed by atoms with Crippen LogP contribution in [0.4, 0.5) is 4.39 Å². The first-order valence-corrected chi connectivity index (χ1v) is 12.5. The van der Waals surface area contributed by atoms with E-state index in [1.165, 1.54) is 10.6 Å². The SMILES string of the molecule is C=C(C)c1cc(-c2ccccc2C)nc2cc(F)c(-n3nc(COCc4ccccc4)n(CC)c3=O)cc12. The lowest BCUT2D eigenvalue weighted by Gasteiger charge is -2.13. The summed E-state index contributed by atoms with van der Waals surface area (Å²) in [5.41, 5.74) is 5.57. The number of nitrogens with zero attached hydrogens (tertiary/aromatic N) is 4. The number of halogens is 1. The van der Waals surface area contributed by atoms with Gasteiger partial charge in [-0.25, -0.2) is 14.2 Å². The first-order valence-electron chi connectivity index (χ1n) is 12.5. The normalized spacial score (nSPS) is 11.3. The van der Waals surface area contributed by atoms with E-state index < -0.39 is 11.5 Å². The van der Waals surface area contributed by atoms with Crippen molar-refractivity contribution in [2.75, 3.05) is 0 Å². The van der Waals surface area contributed by atoms with Crippen LogP contribution < -0.4 is 5.69 Å². The first kappa shape index (κ1) is 25.3. The van der Waals surface area contributed by atoms with Gasteiger partial charge in [-0.1, -0.05) is 66.7 Å². The fourth-order valence-electron chi connectivity index (χ4n) is 4.60. The maximum absolute atomic E-state index is 15.5. The monoisotopic (exact) mass is 508 g/mol.